The summed E-state index contributed by atoms with van der Waals surface area (Å²) >= 11 is 0. The van der Waals surface area contributed by atoms with Gasteiger partial charge in [-0.1, -0.05) is 75.8 Å². The third kappa shape index (κ3) is 5.90. The van der Waals surface area contributed by atoms with Gasteiger partial charge in [-0.25, -0.2) is 13.8 Å². The molecule has 2 aliphatic carbocycles. The van der Waals surface area contributed by atoms with Crippen LogP contribution in [0, 0.1) is 24.7 Å². The Kier molecular flexibility index (Phi) is 8.39. The molecule has 3 aliphatic rings. The molecule has 3 unspecified atom stereocenters. The van der Waals surface area contributed by atoms with E-state index in [2.05, 4.69) is 30.5 Å². The average molecular weight is 559 g/mol. The van der Waals surface area contributed by atoms with E-state index in [0.717, 1.165) is 40.7 Å². The van der Waals surface area contributed by atoms with E-state index >= 15 is 8.78 Å². The largest absolute Gasteiger partial charge is 0.338 e. The second-order valence-corrected chi connectivity index (χ2v) is 12.6. The SMILES string of the molecule is CCC(=Nc1c(Nc2ccc(C(F)(F)C3CC4CC3CN4)cc2)nc2ccccc2c1C)C1CCCCCCCC1. The number of para-hydroxylation sites is 1. The van der Waals surface area contributed by atoms with Gasteiger partial charge in [0.25, 0.3) is 5.92 Å². The first kappa shape index (κ1) is 28.3. The Labute approximate surface area is 243 Å². The third-order valence-electron chi connectivity index (χ3n) is 9.93. The minimum atomic E-state index is -2.82. The normalized spacial score (nSPS) is 24.3. The third-order valence-corrected chi connectivity index (χ3v) is 9.93. The molecule has 218 valence electrons. The zero-order chi connectivity index (χ0) is 28.4. The first-order valence-electron chi connectivity index (χ1n) is 15.9. The van der Waals surface area contributed by atoms with Crippen molar-refractivity contribution in [3.8, 4) is 0 Å². The number of pyridine rings is 1. The van der Waals surface area contributed by atoms with Crippen molar-refractivity contribution < 1.29 is 8.78 Å². The minimum Gasteiger partial charge on any atom is -0.338 e. The molecule has 3 aromatic rings. The number of aliphatic imine (C=N–C) groups is 1. The van der Waals surface area contributed by atoms with Crippen LogP contribution in [0.5, 0.6) is 0 Å². The maximum Gasteiger partial charge on any atom is 0.276 e. The number of rotatable bonds is 7. The molecule has 2 aromatic carbocycles. The van der Waals surface area contributed by atoms with Crippen LogP contribution < -0.4 is 10.6 Å². The van der Waals surface area contributed by atoms with E-state index in [-0.39, 0.29) is 17.5 Å². The predicted molar refractivity (Wildman–Crippen MR) is 166 cm³/mol. The molecule has 1 saturated heterocycles. The lowest BCUT2D eigenvalue weighted by Crippen LogP contribution is -2.37. The fraction of sp³-hybridized carbons (Fsp3) is 0.543. The molecule has 2 bridgehead atoms. The number of halogens is 2. The molecule has 6 heteroatoms. The molecule has 0 spiro atoms. The van der Waals surface area contributed by atoms with Crippen LogP contribution in [0.1, 0.15) is 88.7 Å². The van der Waals surface area contributed by atoms with E-state index in [9.17, 15) is 0 Å². The van der Waals surface area contributed by atoms with Crippen molar-refractivity contribution in [1.82, 2.24) is 10.3 Å². The highest BCUT2D eigenvalue weighted by molar-refractivity contribution is 5.96. The molecule has 41 heavy (non-hydrogen) atoms. The number of hydrogen-bond donors (Lipinski definition) is 2. The maximum absolute atomic E-state index is 15.5. The first-order chi connectivity index (χ1) is 19.9. The first-order valence-corrected chi connectivity index (χ1v) is 15.9. The Balaban J connectivity index is 1.31. The predicted octanol–water partition coefficient (Wildman–Crippen LogP) is 9.61. The summed E-state index contributed by atoms with van der Waals surface area (Å²) < 4.78 is 31.1. The van der Waals surface area contributed by atoms with Gasteiger partial charge < -0.3 is 10.6 Å². The van der Waals surface area contributed by atoms with Crippen LogP contribution in [-0.2, 0) is 5.92 Å². The van der Waals surface area contributed by atoms with Gasteiger partial charge in [0.05, 0.1) is 5.52 Å². The Morgan fingerprint density at radius 2 is 1.68 bits per heavy atom. The average Bonchev–Trinajstić information content (AvgIpc) is 3.65. The number of benzene rings is 2. The van der Waals surface area contributed by atoms with Crippen LogP contribution in [0.3, 0.4) is 0 Å². The minimum absolute atomic E-state index is 0.0629. The van der Waals surface area contributed by atoms with Gasteiger partial charge >= 0.3 is 0 Å². The van der Waals surface area contributed by atoms with Crippen LogP contribution in [0.2, 0.25) is 0 Å². The molecule has 6 rings (SSSR count). The van der Waals surface area contributed by atoms with E-state index in [4.69, 9.17) is 9.98 Å². The fourth-order valence-electron chi connectivity index (χ4n) is 7.57. The Hall–Kier alpha value is -2.86. The van der Waals surface area contributed by atoms with Crippen LogP contribution in [-0.4, -0.2) is 23.3 Å². The smallest absolute Gasteiger partial charge is 0.276 e. The fourth-order valence-corrected chi connectivity index (χ4v) is 7.57. The van der Waals surface area contributed by atoms with Gasteiger partial charge in [-0.2, -0.15) is 0 Å². The molecule has 2 N–H and O–H groups in total. The van der Waals surface area contributed by atoms with Crippen molar-refractivity contribution in [2.24, 2.45) is 22.7 Å². The van der Waals surface area contributed by atoms with E-state index in [0.29, 0.717) is 24.7 Å². The van der Waals surface area contributed by atoms with Gasteiger partial charge in [-0.05, 0) is 81.2 Å². The molecule has 3 fully saturated rings. The Morgan fingerprint density at radius 3 is 2.34 bits per heavy atom. The highest BCUT2D eigenvalue weighted by Crippen LogP contribution is 2.50. The number of piperidine rings is 1. The molecule has 2 heterocycles. The highest BCUT2D eigenvalue weighted by Gasteiger charge is 2.52. The van der Waals surface area contributed by atoms with Crippen LogP contribution in [0.4, 0.5) is 26.0 Å². The van der Waals surface area contributed by atoms with Crippen LogP contribution >= 0.6 is 0 Å². The molecule has 0 radical (unpaired) electrons. The van der Waals surface area contributed by atoms with Crippen molar-refractivity contribution in [3.05, 3.63) is 59.7 Å². The lowest BCUT2D eigenvalue weighted by molar-refractivity contribution is -0.0826. The number of aromatic nitrogens is 1. The van der Waals surface area contributed by atoms with Gasteiger partial charge in [0.1, 0.15) is 5.69 Å². The van der Waals surface area contributed by atoms with Crippen molar-refractivity contribution in [2.45, 2.75) is 96.4 Å². The lowest BCUT2D eigenvalue weighted by Gasteiger charge is -2.31. The summed E-state index contributed by atoms with van der Waals surface area (Å²) in [5, 5.41) is 7.92. The zero-order valence-electron chi connectivity index (χ0n) is 24.6. The van der Waals surface area contributed by atoms with Gasteiger partial charge in [0, 0.05) is 34.3 Å². The molecular formula is C35H44F2N4. The van der Waals surface area contributed by atoms with Crippen molar-refractivity contribution >= 4 is 33.8 Å². The van der Waals surface area contributed by atoms with E-state index in [1.165, 1.54) is 57.1 Å². The highest BCUT2D eigenvalue weighted by atomic mass is 19.3. The number of aryl methyl sites for hydroxylation is 1. The molecular weight excluding hydrogens is 514 g/mol. The number of alkyl halides is 2. The summed E-state index contributed by atoms with van der Waals surface area (Å²) in [6, 6.07) is 15.1. The second kappa shape index (κ2) is 12.2. The second-order valence-electron chi connectivity index (χ2n) is 12.6. The molecule has 0 amide bonds. The number of hydrogen-bond acceptors (Lipinski definition) is 4. The standard InChI is InChI=1S/C35H44F2N4/c1-3-31(24-12-8-6-4-5-7-9-13-24)40-33-23(2)29-14-10-11-15-32(29)41-34(33)39-27-18-16-26(17-19-27)35(36,37)30-21-28-20-25(30)22-38-28/h10-11,14-19,24-25,28,30,38H,3-9,12-13,20-22H2,1-2H3,(H,39,41). The summed E-state index contributed by atoms with van der Waals surface area (Å²) in [5.41, 5.74) is 4.98. The van der Waals surface area contributed by atoms with Crippen LogP contribution in [0.15, 0.2) is 53.5 Å². The van der Waals surface area contributed by atoms with E-state index < -0.39 is 11.8 Å². The monoisotopic (exact) mass is 558 g/mol. The summed E-state index contributed by atoms with van der Waals surface area (Å²) in [4.78, 5) is 10.3. The van der Waals surface area contributed by atoms with Crippen molar-refractivity contribution in [3.63, 3.8) is 0 Å². The van der Waals surface area contributed by atoms with Gasteiger partial charge in [-0.3, -0.25) is 4.99 Å². The van der Waals surface area contributed by atoms with Gasteiger partial charge in [-0.15, -0.1) is 0 Å². The van der Waals surface area contributed by atoms with Crippen molar-refractivity contribution in [2.75, 3.05) is 11.9 Å². The quantitative estimate of drug-likeness (QED) is 0.284. The summed E-state index contributed by atoms with van der Waals surface area (Å²) in [6.07, 6.45) is 12.6. The number of nitrogens with zero attached hydrogens (tertiary/aromatic N) is 2. The lowest BCUT2D eigenvalue weighted by atomic mass is 9.85. The molecule has 1 aliphatic heterocycles. The Bertz CT molecular complexity index is 1370. The Morgan fingerprint density at radius 1 is 0.976 bits per heavy atom. The van der Waals surface area contributed by atoms with Crippen molar-refractivity contribution in [1.29, 1.82) is 0 Å². The topological polar surface area (TPSA) is 49.3 Å². The summed E-state index contributed by atoms with van der Waals surface area (Å²) in [6.45, 7) is 5.05. The number of fused-ring (bicyclic) bond motifs is 3. The molecule has 1 aromatic heterocycles. The van der Waals surface area contributed by atoms with Crippen LogP contribution in [0.25, 0.3) is 10.9 Å². The summed E-state index contributed by atoms with van der Waals surface area (Å²) in [5.74, 6) is -2.15. The maximum atomic E-state index is 15.5. The van der Waals surface area contributed by atoms with E-state index in [1.807, 2.05) is 18.2 Å². The molecule has 2 saturated carbocycles. The summed E-state index contributed by atoms with van der Waals surface area (Å²) in [7, 11) is 0. The van der Waals surface area contributed by atoms with E-state index in [1.54, 1.807) is 24.3 Å². The van der Waals surface area contributed by atoms with Gasteiger partial charge in [0.2, 0.25) is 0 Å². The molecule has 3 atom stereocenters. The zero-order valence-corrected chi connectivity index (χ0v) is 24.6. The molecule has 4 nitrogen and oxygen atoms in total. The number of anilines is 2. The number of nitrogens with one attached hydrogen (secondary N) is 2. The van der Waals surface area contributed by atoms with Gasteiger partial charge in [0.15, 0.2) is 5.82 Å².